The Morgan fingerprint density at radius 3 is 3.06 bits per heavy atom. The summed E-state index contributed by atoms with van der Waals surface area (Å²) in [5.74, 6) is 0. The van der Waals surface area contributed by atoms with Gasteiger partial charge in [-0.15, -0.1) is 11.3 Å². The van der Waals surface area contributed by atoms with E-state index in [1.165, 1.54) is 42.9 Å². The van der Waals surface area contributed by atoms with Crippen LogP contribution in [0.5, 0.6) is 0 Å². The predicted octanol–water partition coefficient (Wildman–Crippen LogP) is 3.94. The molecule has 0 aromatic carbocycles. The summed E-state index contributed by atoms with van der Waals surface area (Å²) in [6.07, 6.45) is 9.99. The highest BCUT2D eigenvalue weighted by atomic mass is 32.2. The average molecular weight is 270 g/mol. The van der Waals surface area contributed by atoms with Crippen LogP contribution in [0.3, 0.4) is 0 Å². The molecule has 0 aliphatic heterocycles. The molecular formula is C13H22N2S2. The minimum absolute atomic E-state index is 0.686. The van der Waals surface area contributed by atoms with Crippen molar-refractivity contribution in [3.05, 3.63) is 11.6 Å². The van der Waals surface area contributed by atoms with Crippen molar-refractivity contribution in [3.63, 3.8) is 0 Å². The van der Waals surface area contributed by atoms with Gasteiger partial charge >= 0.3 is 0 Å². The molecule has 0 saturated heterocycles. The summed E-state index contributed by atoms with van der Waals surface area (Å²) in [6, 6.07) is 0.686. The van der Waals surface area contributed by atoms with Crippen LogP contribution in [-0.4, -0.2) is 22.8 Å². The first kappa shape index (κ1) is 13.4. The van der Waals surface area contributed by atoms with E-state index in [0.717, 1.165) is 11.8 Å². The molecule has 1 N–H and O–H groups in total. The van der Waals surface area contributed by atoms with Crippen LogP contribution in [0.4, 0.5) is 0 Å². The molecule has 2 rings (SSSR count). The molecule has 2 atom stereocenters. The van der Waals surface area contributed by atoms with Crippen LogP contribution in [0.25, 0.3) is 0 Å². The summed E-state index contributed by atoms with van der Waals surface area (Å²) in [4.78, 5) is 4.41. The van der Waals surface area contributed by atoms with Crippen LogP contribution in [0.1, 0.15) is 45.4 Å². The van der Waals surface area contributed by atoms with Gasteiger partial charge in [0.2, 0.25) is 0 Å². The van der Waals surface area contributed by atoms with E-state index in [0.29, 0.717) is 6.04 Å². The van der Waals surface area contributed by atoms with Gasteiger partial charge in [-0.3, -0.25) is 0 Å². The van der Waals surface area contributed by atoms with Gasteiger partial charge in [-0.2, -0.15) is 0 Å². The standard InChI is InChI=1S/C13H22N2S2/c1-2-8-14-11-6-4-3-5-7-12(11)17-13-15-9-10-16-13/h9-12,14H,2-8H2,1H3. The number of thiazole rings is 1. The molecule has 17 heavy (non-hydrogen) atoms. The fraction of sp³-hybridized carbons (Fsp3) is 0.769. The third-order valence-electron chi connectivity index (χ3n) is 3.27. The second kappa shape index (κ2) is 7.39. The zero-order valence-corrected chi connectivity index (χ0v) is 12.2. The number of aromatic nitrogens is 1. The van der Waals surface area contributed by atoms with Crippen molar-refractivity contribution < 1.29 is 0 Å². The molecule has 1 aromatic rings. The lowest BCUT2D eigenvalue weighted by Crippen LogP contribution is -2.37. The topological polar surface area (TPSA) is 24.9 Å². The number of rotatable bonds is 5. The number of hydrogen-bond acceptors (Lipinski definition) is 4. The zero-order chi connectivity index (χ0) is 11.9. The minimum Gasteiger partial charge on any atom is -0.313 e. The van der Waals surface area contributed by atoms with Crippen molar-refractivity contribution in [2.45, 2.75) is 61.1 Å². The molecule has 1 aliphatic rings. The predicted molar refractivity (Wildman–Crippen MR) is 76.9 cm³/mol. The number of nitrogens with zero attached hydrogens (tertiary/aromatic N) is 1. The molecule has 0 spiro atoms. The fourth-order valence-electron chi connectivity index (χ4n) is 2.38. The van der Waals surface area contributed by atoms with Gasteiger partial charge in [-0.1, -0.05) is 37.9 Å². The van der Waals surface area contributed by atoms with Crippen molar-refractivity contribution in [3.8, 4) is 0 Å². The van der Waals surface area contributed by atoms with Crippen LogP contribution >= 0.6 is 23.1 Å². The summed E-state index contributed by atoms with van der Waals surface area (Å²) < 4.78 is 1.24. The summed E-state index contributed by atoms with van der Waals surface area (Å²) >= 11 is 3.76. The first-order valence-electron chi connectivity index (χ1n) is 6.69. The highest BCUT2D eigenvalue weighted by molar-refractivity contribution is 8.01. The molecule has 1 fully saturated rings. The van der Waals surface area contributed by atoms with Gasteiger partial charge in [0.1, 0.15) is 4.34 Å². The molecule has 1 heterocycles. The Kier molecular flexibility index (Phi) is 5.81. The SMILES string of the molecule is CCCNC1CCCCCC1Sc1nccs1. The van der Waals surface area contributed by atoms with E-state index in [-0.39, 0.29) is 0 Å². The Morgan fingerprint density at radius 2 is 2.29 bits per heavy atom. The molecule has 0 bridgehead atoms. The van der Waals surface area contributed by atoms with Gasteiger partial charge in [0, 0.05) is 22.9 Å². The van der Waals surface area contributed by atoms with E-state index in [1.54, 1.807) is 11.3 Å². The summed E-state index contributed by atoms with van der Waals surface area (Å²) in [6.45, 7) is 3.40. The Balaban J connectivity index is 1.93. The highest BCUT2D eigenvalue weighted by Gasteiger charge is 2.24. The molecule has 0 amide bonds. The number of nitrogens with one attached hydrogen (secondary N) is 1. The second-order valence-corrected chi connectivity index (χ2v) is 7.03. The molecule has 0 radical (unpaired) electrons. The minimum atomic E-state index is 0.686. The van der Waals surface area contributed by atoms with Gasteiger partial charge in [0.25, 0.3) is 0 Å². The molecule has 1 aromatic heterocycles. The average Bonchev–Trinajstić information content (AvgIpc) is 2.74. The molecule has 2 unspecified atom stereocenters. The molecule has 1 aliphatic carbocycles. The van der Waals surface area contributed by atoms with E-state index < -0.39 is 0 Å². The van der Waals surface area contributed by atoms with Crippen LogP contribution < -0.4 is 5.32 Å². The molecular weight excluding hydrogens is 248 g/mol. The smallest absolute Gasteiger partial charge is 0.150 e. The van der Waals surface area contributed by atoms with Crippen LogP contribution in [0.15, 0.2) is 15.9 Å². The maximum atomic E-state index is 4.41. The van der Waals surface area contributed by atoms with Gasteiger partial charge < -0.3 is 5.32 Å². The van der Waals surface area contributed by atoms with Crippen LogP contribution in [0.2, 0.25) is 0 Å². The normalized spacial score (nSPS) is 25.7. The third kappa shape index (κ3) is 4.27. The van der Waals surface area contributed by atoms with E-state index in [1.807, 2.05) is 18.0 Å². The molecule has 2 nitrogen and oxygen atoms in total. The van der Waals surface area contributed by atoms with Crippen molar-refractivity contribution in [1.29, 1.82) is 0 Å². The van der Waals surface area contributed by atoms with Crippen LogP contribution in [0, 0.1) is 0 Å². The lowest BCUT2D eigenvalue weighted by molar-refractivity contribution is 0.470. The highest BCUT2D eigenvalue weighted by Crippen LogP contribution is 2.33. The molecule has 4 heteroatoms. The maximum absolute atomic E-state index is 4.41. The lowest BCUT2D eigenvalue weighted by Gasteiger charge is -2.24. The largest absolute Gasteiger partial charge is 0.313 e. The molecule has 96 valence electrons. The van der Waals surface area contributed by atoms with Gasteiger partial charge in [-0.25, -0.2) is 4.98 Å². The van der Waals surface area contributed by atoms with Gasteiger partial charge in [-0.05, 0) is 25.8 Å². The Labute approximate surface area is 113 Å². The molecule has 1 saturated carbocycles. The van der Waals surface area contributed by atoms with E-state index in [2.05, 4.69) is 22.6 Å². The van der Waals surface area contributed by atoms with E-state index in [9.17, 15) is 0 Å². The first-order valence-corrected chi connectivity index (χ1v) is 8.45. The Bertz CT molecular complexity index is 300. The van der Waals surface area contributed by atoms with Crippen LogP contribution in [-0.2, 0) is 0 Å². The van der Waals surface area contributed by atoms with Crippen molar-refractivity contribution in [1.82, 2.24) is 10.3 Å². The summed E-state index contributed by atoms with van der Waals surface area (Å²) in [5, 5.41) is 6.52. The zero-order valence-electron chi connectivity index (χ0n) is 10.5. The Hall–Kier alpha value is -0.0600. The van der Waals surface area contributed by atoms with Gasteiger partial charge in [0.15, 0.2) is 0 Å². The Morgan fingerprint density at radius 1 is 1.41 bits per heavy atom. The first-order chi connectivity index (χ1) is 8.40. The third-order valence-corrected chi connectivity index (χ3v) is 5.59. The van der Waals surface area contributed by atoms with E-state index in [4.69, 9.17) is 0 Å². The monoisotopic (exact) mass is 270 g/mol. The quantitative estimate of drug-likeness (QED) is 0.820. The number of thioether (sulfide) groups is 1. The van der Waals surface area contributed by atoms with E-state index >= 15 is 0 Å². The summed E-state index contributed by atoms with van der Waals surface area (Å²) in [5.41, 5.74) is 0. The second-order valence-electron chi connectivity index (χ2n) is 4.65. The van der Waals surface area contributed by atoms with Crippen molar-refractivity contribution >= 4 is 23.1 Å². The van der Waals surface area contributed by atoms with Gasteiger partial charge in [0.05, 0.1) is 0 Å². The summed E-state index contributed by atoms with van der Waals surface area (Å²) in [7, 11) is 0. The maximum Gasteiger partial charge on any atom is 0.150 e. The van der Waals surface area contributed by atoms with Crippen molar-refractivity contribution in [2.75, 3.05) is 6.54 Å². The van der Waals surface area contributed by atoms with Crippen molar-refractivity contribution in [2.24, 2.45) is 0 Å². The lowest BCUT2D eigenvalue weighted by atomic mass is 10.1. The fourth-order valence-corrected chi connectivity index (χ4v) is 4.56. The number of hydrogen-bond donors (Lipinski definition) is 1.